The second-order valence-electron chi connectivity index (χ2n) is 5.94. The predicted octanol–water partition coefficient (Wildman–Crippen LogP) is 3.25. The van der Waals surface area contributed by atoms with E-state index >= 15 is 0 Å². The molecule has 0 aliphatic rings. The molecule has 1 aromatic rings. The quantitative estimate of drug-likeness (QED) is 0.742. The molecule has 1 rings (SSSR count). The molecule has 1 unspecified atom stereocenters. The Morgan fingerprint density at radius 2 is 2.00 bits per heavy atom. The van der Waals surface area contributed by atoms with Gasteiger partial charge in [0.1, 0.15) is 6.10 Å². The van der Waals surface area contributed by atoms with Crippen LogP contribution in [0.5, 0.6) is 0 Å². The summed E-state index contributed by atoms with van der Waals surface area (Å²) in [5.41, 5.74) is -0.157. The van der Waals surface area contributed by atoms with Crippen LogP contribution in [-0.4, -0.2) is 26.3 Å². The van der Waals surface area contributed by atoms with Gasteiger partial charge in [0.15, 0.2) is 5.82 Å². The van der Waals surface area contributed by atoms with Crippen molar-refractivity contribution >= 4 is 0 Å². The van der Waals surface area contributed by atoms with E-state index in [-0.39, 0.29) is 17.7 Å². The molecule has 5 nitrogen and oxygen atoms in total. The van der Waals surface area contributed by atoms with Crippen molar-refractivity contribution in [3.05, 3.63) is 18.0 Å². The van der Waals surface area contributed by atoms with E-state index in [1.165, 1.54) is 0 Å². The van der Waals surface area contributed by atoms with E-state index in [2.05, 4.69) is 55.4 Å². The van der Waals surface area contributed by atoms with E-state index in [9.17, 15) is 0 Å². The van der Waals surface area contributed by atoms with Crippen LogP contribution in [0.4, 0.5) is 0 Å². The predicted molar refractivity (Wildman–Crippen MR) is 75.8 cm³/mol. The molecule has 0 saturated heterocycles. The van der Waals surface area contributed by atoms with Gasteiger partial charge in [-0.25, -0.2) is 4.68 Å². The number of unbranched alkanes of at least 4 members (excludes halogenated alkanes) is 1. The summed E-state index contributed by atoms with van der Waals surface area (Å²) in [6.07, 6.45) is 6.28. The largest absolute Gasteiger partial charge is 0.363 e. The van der Waals surface area contributed by atoms with Crippen molar-refractivity contribution in [2.24, 2.45) is 0 Å². The van der Waals surface area contributed by atoms with Crippen molar-refractivity contribution in [1.29, 1.82) is 0 Å². The van der Waals surface area contributed by atoms with Gasteiger partial charge in [-0.15, -0.1) is 5.10 Å². The molecular formula is C14H26N4O. The first-order chi connectivity index (χ1) is 8.86. The first kappa shape index (κ1) is 15.8. The minimum Gasteiger partial charge on any atom is -0.363 e. The van der Waals surface area contributed by atoms with Gasteiger partial charge in [-0.2, -0.15) is 0 Å². The Balaban J connectivity index is 3.00. The Bertz CT molecular complexity index is 404. The summed E-state index contributed by atoms with van der Waals surface area (Å²) in [4.78, 5) is 0. The fraction of sp³-hybridized carbons (Fsp3) is 0.786. The molecule has 0 spiro atoms. The fourth-order valence-corrected chi connectivity index (χ4v) is 1.72. The normalized spacial score (nSPS) is 14.5. The van der Waals surface area contributed by atoms with Gasteiger partial charge >= 0.3 is 0 Å². The Morgan fingerprint density at radius 1 is 1.32 bits per heavy atom. The van der Waals surface area contributed by atoms with Crippen LogP contribution in [0.3, 0.4) is 0 Å². The molecular weight excluding hydrogens is 240 g/mol. The highest BCUT2D eigenvalue weighted by molar-refractivity contribution is 5.03. The first-order valence-electron chi connectivity index (χ1n) is 6.97. The molecule has 0 radical (unpaired) electrons. The summed E-state index contributed by atoms with van der Waals surface area (Å²) in [6, 6.07) is 0. The van der Waals surface area contributed by atoms with Crippen LogP contribution in [0.1, 0.15) is 66.3 Å². The highest BCUT2D eigenvalue weighted by atomic mass is 16.5. The highest BCUT2D eigenvalue weighted by Crippen LogP contribution is 2.23. The Hall–Kier alpha value is -1.23. The molecule has 108 valence electrons. The molecule has 1 aromatic heterocycles. The number of hydrogen-bond acceptors (Lipinski definition) is 4. The number of nitrogens with zero attached hydrogens (tertiary/aromatic N) is 4. The Kier molecular flexibility index (Phi) is 5.66. The molecule has 0 fully saturated rings. The smallest absolute Gasteiger partial charge is 0.184 e. The monoisotopic (exact) mass is 266 g/mol. The van der Waals surface area contributed by atoms with Gasteiger partial charge in [0.05, 0.1) is 11.6 Å². The second-order valence-corrected chi connectivity index (χ2v) is 5.94. The lowest BCUT2D eigenvalue weighted by Gasteiger charge is -2.23. The van der Waals surface area contributed by atoms with Crippen LogP contribution in [0.2, 0.25) is 0 Å². The lowest BCUT2D eigenvalue weighted by atomic mass is 10.1. The zero-order chi connectivity index (χ0) is 14.5. The van der Waals surface area contributed by atoms with Crippen molar-refractivity contribution in [2.75, 3.05) is 0 Å². The highest BCUT2D eigenvalue weighted by Gasteiger charge is 2.25. The lowest BCUT2D eigenvalue weighted by molar-refractivity contribution is 0.0249. The maximum absolute atomic E-state index is 5.93. The number of allylic oxidation sites excluding steroid dienone is 1. The second kappa shape index (κ2) is 6.80. The number of hydrogen-bond donors (Lipinski definition) is 0. The average molecular weight is 266 g/mol. The van der Waals surface area contributed by atoms with Crippen molar-refractivity contribution < 1.29 is 4.74 Å². The summed E-state index contributed by atoms with van der Waals surface area (Å²) < 4.78 is 7.76. The molecule has 1 heterocycles. The van der Waals surface area contributed by atoms with E-state index in [0.29, 0.717) is 0 Å². The van der Waals surface area contributed by atoms with Gasteiger partial charge in [0.2, 0.25) is 0 Å². The molecule has 0 N–H and O–H groups in total. The van der Waals surface area contributed by atoms with Crippen molar-refractivity contribution in [3.63, 3.8) is 0 Å². The third-order valence-corrected chi connectivity index (χ3v) is 2.57. The number of rotatable bonds is 6. The van der Waals surface area contributed by atoms with Gasteiger partial charge in [0.25, 0.3) is 0 Å². The minimum absolute atomic E-state index is 0.126. The third kappa shape index (κ3) is 4.74. The molecule has 1 atom stereocenters. The summed E-state index contributed by atoms with van der Waals surface area (Å²) in [5, 5.41) is 12.0. The van der Waals surface area contributed by atoms with Crippen LogP contribution in [0, 0.1) is 0 Å². The maximum atomic E-state index is 5.93. The molecule has 5 heteroatoms. The summed E-state index contributed by atoms with van der Waals surface area (Å²) >= 11 is 0. The van der Waals surface area contributed by atoms with Crippen molar-refractivity contribution in [2.45, 2.75) is 72.1 Å². The molecule has 0 amide bonds. The first-order valence-corrected chi connectivity index (χ1v) is 6.97. The summed E-state index contributed by atoms with van der Waals surface area (Å²) in [7, 11) is 0. The summed E-state index contributed by atoms with van der Waals surface area (Å²) in [6.45, 7) is 12.4. The van der Waals surface area contributed by atoms with Gasteiger partial charge in [-0.05, 0) is 51.5 Å². The third-order valence-electron chi connectivity index (χ3n) is 2.57. The fourth-order valence-electron chi connectivity index (χ4n) is 1.72. The number of ether oxygens (including phenoxy) is 1. The molecule has 0 aromatic carbocycles. The zero-order valence-corrected chi connectivity index (χ0v) is 12.9. The van der Waals surface area contributed by atoms with E-state index in [4.69, 9.17) is 4.74 Å². The molecule has 0 saturated carbocycles. The molecule has 0 bridgehead atoms. The van der Waals surface area contributed by atoms with Crippen LogP contribution >= 0.6 is 0 Å². The zero-order valence-electron chi connectivity index (χ0n) is 12.9. The van der Waals surface area contributed by atoms with Gasteiger partial charge < -0.3 is 4.74 Å². The van der Waals surface area contributed by atoms with E-state index in [0.717, 1.165) is 18.7 Å². The molecule has 0 aliphatic carbocycles. The number of aromatic nitrogens is 4. The standard InChI is InChI=1S/C14H26N4O/c1-7-8-9-10-12(19-11(2)3)13-15-16-17-18(13)14(4,5)6/h9-12H,7-8H2,1-6H3/b10-9+. The van der Waals surface area contributed by atoms with Gasteiger partial charge in [-0.1, -0.05) is 25.5 Å². The van der Waals surface area contributed by atoms with Crippen molar-refractivity contribution in [1.82, 2.24) is 20.2 Å². The van der Waals surface area contributed by atoms with Crippen LogP contribution < -0.4 is 0 Å². The van der Waals surface area contributed by atoms with E-state index in [1.807, 2.05) is 18.5 Å². The van der Waals surface area contributed by atoms with E-state index in [1.54, 1.807) is 0 Å². The van der Waals surface area contributed by atoms with Crippen LogP contribution in [0.25, 0.3) is 0 Å². The maximum Gasteiger partial charge on any atom is 0.184 e. The van der Waals surface area contributed by atoms with Crippen molar-refractivity contribution in [3.8, 4) is 0 Å². The minimum atomic E-state index is -0.194. The Labute approximate surface area is 116 Å². The molecule has 19 heavy (non-hydrogen) atoms. The topological polar surface area (TPSA) is 52.8 Å². The van der Waals surface area contributed by atoms with Crippen LogP contribution in [-0.2, 0) is 10.3 Å². The van der Waals surface area contributed by atoms with Gasteiger partial charge in [0, 0.05) is 0 Å². The summed E-state index contributed by atoms with van der Waals surface area (Å²) in [5.74, 6) is 0.758. The van der Waals surface area contributed by atoms with Crippen LogP contribution in [0.15, 0.2) is 12.2 Å². The van der Waals surface area contributed by atoms with E-state index < -0.39 is 0 Å². The number of tetrazole rings is 1. The lowest BCUT2D eigenvalue weighted by Crippen LogP contribution is -2.27. The molecule has 0 aliphatic heterocycles. The average Bonchev–Trinajstić information content (AvgIpc) is 2.75. The Morgan fingerprint density at radius 3 is 2.53 bits per heavy atom. The van der Waals surface area contributed by atoms with Gasteiger partial charge in [-0.3, -0.25) is 0 Å². The SMILES string of the molecule is CCC/C=C/C(OC(C)C)c1nnnn1C(C)(C)C.